The molecule has 2 amide bonds. The van der Waals surface area contributed by atoms with Gasteiger partial charge in [0.25, 0.3) is 5.91 Å². The van der Waals surface area contributed by atoms with Crippen LogP contribution in [0, 0.1) is 13.8 Å². The van der Waals surface area contributed by atoms with Gasteiger partial charge in [0.15, 0.2) is 11.0 Å². The molecule has 0 aliphatic carbocycles. The maximum Gasteiger partial charge on any atom is 0.251 e. The first-order chi connectivity index (χ1) is 15.4. The molecule has 0 aliphatic heterocycles. The Hall–Kier alpha value is -3.33. The highest BCUT2D eigenvalue weighted by molar-refractivity contribution is 7.99. The lowest BCUT2D eigenvalue weighted by molar-refractivity contribution is -0.113. The fraction of sp³-hybridized carbons (Fsp3) is 0.304. The van der Waals surface area contributed by atoms with Crippen molar-refractivity contribution in [1.29, 1.82) is 0 Å². The quantitative estimate of drug-likeness (QED) is 0.481. The van der Waals surface area contributed by atoms with E-state index in [-0.39, 0.29) is 24.1 Å². The molecule has 0 spiro atoms. The molecule has 0 bridgehead atoms. The van der Waals surface area contributed by atoms with Crippen LogP contribution in [0.1, 0.15) is 34.2 Å². The molecule has 1 heterocycles. The number of hydrogen-bond acceptors (Lipinski definition) is 6. The summed E-state index contributed by atoms with van der Waals surface area (Å²) in [6.07, 6.45) is 0. The van der Waals surface area contributed by atoms with Crippen LogP contribution < -0.4 is 15.4 Å². The minimum atomic E-state index is -0.168. The third-order valence-electron chi connectivity index (χ3n) is 4.87. The van der Waals surface area contributed by atoms with E-state index >= 15 is 0 Å². The van der Waals surface area contributed by atoms with Gasteiger partial charge in [-0.15, -0.1) is 10.2 Å². The SMILES string of the molecule is CCn1c(CNC(=O)c2ccccc2C)nnc1SCC(=O)Nc1cc(C)ccc1OC. The zero-order valence-corrected chi connectivity index (χ0v) is 19.5. The summed E-state index contributed by atoms with van der Waals surface area (Å²) in [5, 5.41) is 14.8. The number of anilines is 1. The van der Waals surface area contributed by atoms with E-state index in [9.17, 15) is 9.59 Å². The largest absolute Gasteiger partial charge is 0.495 e. The molecular formula is C23H27N5O3S. The van der Waals surface area contributed by atoms with Gasteiger partial charge in [0.05, 0.1) is 25.1 Å². The molecule has 0 unspecified atom stereocenters. The molecule has 1 aromatic heterocycles. The summed E-state index contributed by atoms with van der Waals surface area (Å²) < 4.78 is 7.20. The number of nitrogens with one attached hydrogen (secondary N) is 2. The highest BCUT2D eigenvalue weighted by atomic mass is 32.2. The Bertz CT molecular complexity index is 1110. The highest BCUT2D eigenvalue weighted by Gasteiger charge is 2.16. The van der Waals surface area contributed by atoms with Crippen molar-refractivity contribution in [2.24, 2.45) is 0 Å². The van der Waals surface area contributed by atoms with Crippen LogP contribution in [-0.2, 0) is 17.9 Å². The predicted molar refractivity (Wildman–Crippen MR) is 125 cm³/mol. The van der Waals surface area contributed by atoms with Gasteiger partial charge < -0.3 is 19.9 Å². The van der Waals surface area contributed by atoms with Crippen LogP contribution in [0.25, 0.3) is 0 Å². The molecule has 0 fully saturated rings. The van der Waals surface area contributed by atoms with Gasteiger partial charge in [-0.05, 0) is 50.1 Å². The summed E-state index contributed by atoms with van der Waals surface area (Å²) in [6.45, 7) is 6.69. The Morgan fingerprint density at radius 2 is 1.91 bits per heavy atom. The van der Waals surface area contributed by atoms with Crippen molar-refractivity contribution >= 4 is 29.3 Å². The van der Waals surface area contributed by atoms with Crippen LogP contribution in [-0.4, -0.2) is 39.4 Å². The van der Waals surface area contributed by atoms with Crippen molar-refractivity contribution in [1.82, 2.24) is 20.1 Å². The summed E-state index contributed by atoms with van der Waals surface area (Å²) in [5.74, 6) is 1.09. The van der Waals surface area contributed by atoms with E-state index < -0.39 is 0 Å². The van der Waals surface area contributed by atoms with Crippen LogP contribution in [0.15, 0.2) is 47.6 Å². The van der Waals surface area contributed by atoms with Gasteiger partial charge in [-0.25, -0.2) is 0 Å². The monoisotopic (exact) mass is 453 g/mol. The van der Waals surface area contributed by atoms with Gasteiger partial charge in [0.1, 0.15) is 5.75 Å². The lowest BCUT2D eigenvalue weighted by Gasteiger charge is -2.11. The van der Waals surface area contributed by atoms with Crippen molar-refractivity contribution in [3.8, 4) is 5.75 Å². The van der Waals surface area contributed by atoms with Crippen LogP contribution in [0.5, 0.6) is 5.75 Å². The number of thioether (sulfide) groups is 1. The molecule has 168 valence electrons. The van der Waals surface area contributed by atoms with Crippen molar-refractivity contribution in [2.75, 3.05) is 18.2 Å². The first-order valence-corrected chi connectivity index (χ1v) is 11.2. The van der Waals surface area contributed by atoms with Gasteiger partial charge in [-0.1, -0.05) is 36.0 Å². The number of rotatable bonds is 9. The van der Waals surface area contributed by atoms with Crippen molar-refractivity contribution in [3.05, 3.63) is 65.0 Å². The molecule has 0 atom stereocenters. The lowest BCUT2D eigenvalue weighted by Crippen LogP contribution is -2.25. The smallest absolute Gasteiger partial charge is 0.251 e. The molecule has 0 saturated carbocycles. The first kappa shape index (κ1) is 23.3. The van der Waals surface area contributed by atoms with Crippen molar-refractivity contribution in [3.63, 3.8) is 0 Å². The summed E-state index contributed by atoms with van der Waals surface area (Å²) >= 11 is 1.29. The average molecular weight is 454 g/mol. The number of hydrogen-bond donors (Lipinski definition) is 2. The Labute approximate surface area is 191 Å². The van der Waals surface area contributed by atoms with E-state index in [0.717, 1.165) is 11.1 Å². The van der Waals surface area contributed by atoms with Gasteiger partial charge in [-0.3, -0.25) is 9.59 Å². The molecule has 3 rings (SSSR count). The minimum absolute atomic E-state index is 0.158. The number of aromatic nitrogens is 3. The number of aryl methyl sites for hydroxylation is 2. The van der Waals surface area contributed by atoms with Crippen LogP contribution in [0.4, 0.5) is 5.69 Å². The second-order valence-corrected chi connectivity index (χ2v) is 8.12. The average Bonchev–Trinajstić information content (AvgIpc) is 3.18. The molecule has 9 heteroatoms. The molecule has 32 heavy (non-hydrogen) atoms. The van der Waals surface area contributed by atoms with Gasteiger partial charge in [-0.2, -0.15) is 0 Å². The van der Waals surface area contributed by atoms with Crippen molar-refractivity contribution in [2.45, 2.75) is 39.0 Å². The van der Waals surface area contributed by atoms with E-state index in [1.807, 2.05) is 61.7 Å². The summed E-state index contributed by atoms with van der Waals surface area (Å²) in [6, 6.07) is 13.0. The normalized spacial score (nSPS) is 10.6. The van der Waals surface area contributed by atoms with Crippen molar-refractivity contribution < 1.29 is 14.3 Å². The van der Waals surface area contributed by atoms with Crippen LogP contribution >= 0.6 is 11.8 Å². The van der Waals surface area contributed by atoms with E-state index in [1.54, 1.807) is 13.2 Å². The Morgan fingerprint density at radius 3 is 2.62 bits per heavy atom. The number of ether oxygens (including phenoxy) is 1. The maximum absolute atomic E-state index is 12.5. The standard InChI is InChI=1S/C23H27N5O3S/c1-5-28-20(13-24-22(30)17-9-7-6-8-16(17)3)26-27-23(28)32-14-21(29)25-18-12-15(2)10-11-19(18)31-4/h6-12H,5,13-14H2,1-4H3,(H,24,30)(H,25,29). The molecule has 2 aromatic carbocycles. The molecular weight excluding hydrogens is 426 g/mol. The second-order valence-electron chi connectivity index (χ2n) is 7.18. The predicted octanol–water partition coefficient (Wildman–Crippen LogP) is 3.58. The second kappa shape index (κ2) is 10.8. The van der Waals surface area contributed by atoms with E-state index in [1.165, 1.54) is 11.8 Å². The Kier molecular flexibility index (Phi) is 7.88. The lowest BCUT2D eigenvalue weighted by atomic mass is 10.1. The molecule has 3 aromatic rings. The molecule has 0 saturated heterocycles. The minimum Gasteiger partial charge on any atom is -0.495 e. The summed E-state index contributed by atoms with van der Waals surface area (Å²) in [7, 11) is 1.57. The number of carbonyl (C=O) groups is 2. The maximum atomic E-state index is 12.5. The Balaban J connectivity index is 1.60. The summed E-state index contributed by atoms with van der Waals surface area (Å²) in [4.78, 5) is 24.9. The molecule has 0 aliphatic rings. The van der Waals surface area contributed by atoms with E-state index in [0.29, 0.717) is 34.5 Å². The molecule has 0 radical (unpaired) electrons. The van der Waals surface area contributed by atoms with Gasteiger partial charge in [0, 0.05) is 12.1 Å². The fourth-order valence-corrected chi connectivity index (χ4v) is 4.01. The number of methoxy groups -OCH3 is 1. The third-order valence-corrected chi connectivity index (χ3v) is 5.83. The number of amides is 2. The topological polar surface area (TPSA) is 98.1 Å². The van der Waals surface area contributed by atoms with Gasteiger partial charge >= 0.3 is 0 Å². The Morgan fingerprint density at radius 1 is 1.12 bits per heavy atom. The molecule has 8 nitrogen and oxygen atoms in total. The van der Waals surface area contributed by atoms with Crippen LogP contribution in [0.2, 0.25) is 0 Å². The summed E-state index contributed by atoms with van der Waals surface area (Å²) in [5.41, 5.74) is 3.20. The third kappa shape index (κ3) is 5.67. The fourth-order valence-electron chi connectivity index (χ4n) is 3.19. The van der Waals surface area contributed by atoms with E-state index in [4.69, 9.17) is 4.74 Å². The number of benzene rings is 2. The highest BCUT2D eigenvalue weighted by Crippen LogP contribution is 2.26. The zero-order chi connectivity index (χ0) is 23.1. The van der Waals surface area contributed by atoms with E-state index in [2.05, 4.69) is 20.8 Å². The zero-order valence-electron chi connectivity index (χ0n) is 18.6. The number of carbonyl (C=O) groups excluding carboxylic acids is 2. The molecule has 2 N–H and O–H groups in total. The number of nitrogens with zero attached hydrogens (tertiary/aromatic N) is 3. The first-order valence-electron chi connectivity index (χ1n) is 10.3. The van der Waals surface area contributed by atoms with Gasteiger partial charge in [0.2, 0.25) is 5.91 Å². The van der Waals surface area contributed by atoms with Crippen LogP contribution in [0.3, 0.4) is 0 Å².